The number of hydrogen-bond donors (Lipinski definition) is 2. The molecule has 0 heterocycles. The molecule has 0 saturated heterocycles. The zero-order chi connectivity index (χ0) is 12.9. The lowest BCUT2D eigenvalue weighted by molar-refractivity contribution is 0.0944. The number of carbonyl (C=O) groups is 1. The summed E-state index contributed by atoms with van der Waals surface area (Å²) in [5.74, 6) is -0.829. The summed E-state index contributed by atoms with van der Waals surface area (Å²) in [6.07, 6.45) is 0. The average molecular weight is 263 g/mol. The van der Waals surface area contributed by atoms with Gasteiger partial charge in [0.25, 0.3) is 5.91 Å². The average Bonchev–Trinajstić information content (AvgIpc) is 2.24. The number of aliphatic hydroxyl groups is 1. The molecule has 0 aliphatic heterocycles. The van der Waals surface area contributed by atoms with Crippen LogP contribution in [0.25, 0.3) is 0 Å². The molecule has 0 atom stereocenters. The molecule has 6 nitrogen and oxygen atoms in total. The molecule has 94 valence electrons. The Hall–Kier alpha value is -1.67. The molecule has 0 radical (unpaired) electrons. The minimum absolute atomic E-state index is 0.0608. The first-order chi connectivity index (χ1) is 7.92. The molecule has 0 unspecified atom stereocenters. The van der Waals surface area contributed by atoms with Gasteiger partial charge in [-0.25, -0.2) is 0 Å². The van der Waals surface area contributed by atoms with Gasteiger partial charge >= 0.3 is 10.5 Å². The molecule has 1 rings (SSSR count). The lowest BCUT2D eigenvalue weighted by atomic mass is 10.2. The number of hydrogen-bond acceptors (Lipinski definition) is 5. The Kier molecular flexibility index (Phi) is 4.41. The quantitative estimate of drug-likeness (QED) is 0.729. The van der Waals surface area contributed by atoms with Crippen LogP contribution in [0.2, 0.25) is 0 Å². The zero-order valence-electron chi connectivity index (χ0n) is 8.59. The Labute approximate surface area is 97.4 Å². The van der Waals surface area contributed by atoms with Crippen LogP contribution in [0.4, 0.5) is 3.89 Å². The normalized spacial score (nSPS) is 10.9. The summed E-state index contributed by atoms with van der Waals surface area (Å²) in [6.45, 7) is -0.161. The van der Waals surface area contributed by atoms with Crippen molar-refractivity contribution in [1.82, 2.24) is 5.32 Å². The van der Waals surface area contributed by atoms with Crippen LogP contribution in [0.5, 0.6) is 5.75 Å². The third kappa shape index (κ3) is 4.79. The number of nitrogens with one attached hydrogen (secondary N) is 1. The van der Waals surface area contributed by atoms with Gasteiger partial charge in [0, 0.05) is 12.1 Å². The first kappa shape index (κ1) is 13.4. The van der Waals surface area contributed by atoms with Crippen molar-refractivity contribution in [2.45, 2.75) is 0 Å². The largest absolute Gasteiger partial charge is 0.488 e. The Morgan fingerprint density at radius 1 is 1.47 bits per heavy atom. The highest BCUT2D eigenvalue weighted by Gasteiger charge is 2.11. The summed E-state index contributed by atoms with van der Waals surface area (Å²) in [4.78, 5) is 11.4. The van der Waals surface area contributed by atoms with E-state index in [9.17, 15) is 17.1 Å². The van der Waals surface area contributed by atoms with Gasteiger partial charge in [0.15, 0.2) is 0 Å². The van der Waals surface area contributed by atoms with Crippen LogP contribution in [-0.4, -0.2) is 32.6 Å². The van der Waals surface area contributed by atoms with E-state index in [2.05, 4.69) is 9.50 Å². The van der Waals surface area contributed by atoms with Crippen molar-refractivity contribution in [2.75, 3.05) is 13.2 Å². The maximum absolute atomic E-state index is 12.2. The van der Waals surface area contributed by atoms with E-state index in [-0.39, 0.29) is 24.5 Å². The van der Waals surface area contributed by atoms with Gasteiger partial charge in [-0.15, -0.1) is 0 Å². The molecule has 0 spiro atoms. The van der Waals surface area contributed by atoms with Gasteiger partial charge in [0.05, 0.1) is 6.61 Å². The van der Waals surface area contributed by atoms with Crippen molar-refractivity contribution >= 4 is 16.4 Å². The fourth-order valence-corrected chi connectivity index (χ4v) is 1.41. The lowest BCUT2D eigenvalue weighted by Crippen LogP contribution is -2.26. The number of amides is 1. The van der Waals surface area contributed by atoms with E-state index < -0.39 is 16.4 Å². The maximum Gasteiger partial charge on any atom is 0.488 e. The number of benzene rings is 1. The Balaban J connectivity index is 2.82. The van der Waals surface area contributed by atoms with Crippen LogP contribution < -0.4 is 9.50 Å². The van der Waals surface area contributed by atoms with Gasteiger partial charge in [0.1, 0.15) is 5.75 Å². The fourth-order valence-electron chi connectivity index (χ4n) is 1.08. The van der Waals surface area contributed by atoms with E-state index in [1.165, 1.54) is 18.2 Å². The molecule has 0 aromatic heterocycles. The second kappa shape index (κ2) is 5.60. The molecule has 17 heavy (non-hydrogen) atoms. The molecular weight excluding hydrogens is 253 g/mol. The molecule has 0 aliphatic rings. The standard InChI is InChI=1S/C9H10FNO5S/c10-17(14,15)16-8-3-1-2-7(6-8)9(13)11-4-5-12/h1-3,6,12H,4-5H2,(H,11,13). The van der Waals surface area contributed by atoms with E-state index >= 15 is 0 Å². The third-order valence-electron chi connectivity index (χ3n) is 1.69. The molecule has 0 saturated carbocycles. The summed E-state index contributed by atoms with van der Waals surface area (Å²) in [5, 5.41) is 10.9. The van der Waals surface area contributed by atoms with Crippen LogP contribution >= 0.6 is 0 Å². The molecule has 1 aromatic rings. The zero-order valence-corrected chi connectivity index (χ0v) is 9.41. The summed E-state index contributed by atoms with van der Waals surface area (Å²) < 4.78 is 36.7. The number of aliphatic hydroxyl groups excluding tert-OH is 1. The second-order valence-electron chi connectivity index (χ2n) is 2.98. The first-order valence-electron chi connectivity index (χ1n) is 4.55. The number of carbonyl (C=O) groups excluding carboxylic acids is 1. The monoisotopic (exact) mass is 263 g/mol. The van der Waals surface area contributed by atoms with Crippen LogP contribution in [0, 0.1) is 0 Å². The van der Waals surface area contributed by atoms with Gasteiger partial charge in [-0.2, -0.15) is 8.42 Å². The van der Waals surface area contributed by atoms with E-state index in [0.29, 0.717) is 0 Å². The number of halogens is 1. The first-order valence-corrected chi connectivity index (χ1v) is 5.86. The van der Waals surface area contributed by atoms with E-state index in [1.807, 2.05) is 0 Å². The van der Waals surface area contributed by atoms with Gasteiger partial charge < -0.3 is 14.6 Å². The highest BCUT2D eigenvalue weighted by Crippen LogP contribution is 2.15. The van der Waals surface area contributed by atoms with E-state index in [0.717, 1.165) is 6.07 Å². The Morgan fingerprint density at radius 2 is 2.18 bits per heavy atom. The summed E-state index contributed by atoms with van der Waals surface area (Å²) in [5.41, 5.74) is 0.0969. The lowest BCUT2D eigenvalue weighted by Gasteiger charge is -2.04. The minimum Gasteiger partial charge on any atom is -0.395 e. The van der Waals surface area contributed by atoms with Crippen LogP contribution in [0.3, 0.4) is 0 Å². The van der Waals surface area contributed by atoms with Crippen LogP contribution in [-0.2, 0) is 10.5 Å². The topological polar surface area (TPSA) is 92.7 Å². The van der Waals surface area contributed by atoms with Crippen molar-refractivity contribution in [3.8, 4) is 5.75 Å². The van der Waals surface area contributed by atoms with Crippen molar-refractivity contribution in [3.05, 3.63) is 29.8 Å². The highest BCUT2D eigenvalue weighted by molar-refractivity contribution is 7.81. The van der Waals surface area contributed by atoms with E-state index in [4.69, 9.17) is 5.11 Å². The summed E-state index contributed by atoms with van der Waals surface area (Å²) in [7, 11) is -5.11. The molecular formula is C9H10FNO5S. The molecule has 8 heteroatoms. The maximum atomic E-state index is 12.2. The van der Waals surface area contributed by atoms with Gasteiger partial charge in [-0.1, -0.05) is 9.95 Å². The molecule has 0 fully saturated rings. The molecule has 1 amide bonds. The second-order valence-corrected chi connectivity index (χ2v) is 3.94. The summed E-state index contributed by atoms with van der Waals surface area (Å²) in [6, 6.07) is 5.00. The van der Waals surface area contributed by atoms with Gasteiger partial charge in [-0.05, 0) is 18.2 Å². The van der Waals surface area contributed by atoms with Gasteiger partial charge in [-0.3, -0.25) is 4.79 Å². The van der Waals surface area contributed by atoms with Crippen LogP contribution in [0.15, 0.2) is 24.3 Å². The van der Waals surface area contributed by atoms with Crippen LogP contribution in [0.1, 0.15) is 10.4 Å². The van der Waals surface area contributed by atoms with Crippen molar-refractivity contribution in [2.24, 2.45) is 0 Å². The van der Waals surface area contributed by atoms with Crippen molar-refractivity contribution in [3.63, 3.8) is 0 Å². The van der Waals surface area contributed by atoms with Crippen molar-refractivity contribution in [1.29, 1.82) is 0 Å². The Morgan fingerprint density at radius 3 is 2.76 bits per heavy atom. The van der Waals surface area contributed by atoms with Gasteiger partial charge in [0.2, 0.25) is 0 Å². The predicted molar refractivity (Wildman–Crippen MR) is 56.5 cm³/mol. The molecule has 0 aliphatic carbocycles. The summed E-state index contributed by atoms with van der Waals surface area (Å²) >= 11 is 0. The molecule has 0 bridgehead atoms. The smallest absolute Gasteiger partial charge is 0.395 e. The minimum atomic E-state index is -5.11. The number of rotatable bonds is 5. The SMILES string of the molecule is O=C(NCCO)c1cccc(OS(=O)(=O)F)c1. The van der Waals surface area contributed by atoms with E-state index in [1.54, 1.807) is 0 Å². The predicted octanol–water partition coefficient (Wildman–Crippen LogP) is 0.00180. The highest BCUT2D eigenvalue weighted by atomic mass is 32.3. The molecule has 1 aromatic carbocycles. The fraction of sp³-hybridized carbons (Fsp3) is 0.222. The Bertz CT molecular complexity index is 502. The van der Waals surface area contributed by atoms with Crippen molar-refractivity contribution < 1.29 is 26.4 Å². The molecule has 2 N–H and O–H groups in total. The third-order valence-corrected chi connectivity index (χ3v) is 2.08.